The van der Waals surface area contributed by atoms with E-state index < -0.39 is 0 Å². The summed E-state index contributed by atoms with van der Waals surface area (Å²) in [4.78, 5) is 0. The zero-order chi connectivity index (χ0) is 0. The minimum absolute atomic E-state index is 0. The Hall–Kier alpha value is 3.16. The molecule has 0 bridgehead atoms. The van der Waals surface area contributed by atoms with Crippen molar-refractivity contribution in [3.05, 3.63) is 7.43 Å². The van der Waals surface area contributed by atoms with Crippen molar-refractivity contribution in [1.29, 1.82) is 0 Å². The average Bonchev–Trinajstić information content (AvgIpc) is 0. The van der Waals surface area contributed by atoms with Gasteiger partial charge in [0.15, 0.2) is 0 Å². The van der Waals surface area contributed by atoms with E-state index >= 15 is 0 Å². The molecule has 0 amide bonds. The molecule has 0 heterocycles. The van der Waals surface area contributed by atoms with Crippen molar-refractivity contribution < 1.29 is 93.3 Å². The van der Waals surface area contributed by atoms with Crippen molar-refractivity contribution in [3.8, 4) is 0 Å². The molecule has 0 unspecified atom stereocenters. The van der Waals surface area contributed by atoms with Gasteiger partial charge in [-0.15, -0.1) is 0 Å². The van der Waals surface area contributed by atoms with Gasteiger partial charge in [0.2, 0.25) is 0 Å². The molecule has 0 saturated carbocycles. The first-order valence-corrected chi connectivity index (χ1v) is 0. The van der Waals surface area contributed by atoms with Crippen molar-refractivity contribution in [1.82, 2.24) is 0 Å². The van der Waals surface area contributed by atoms with E-state index in [0.29, 0.717) is 0 Å². The van der Waals surface area contributed by atoms with E-state index in [1.54, 1.807) is 0 Å². The molecule has 20 valence electrons. The zero-order valence-electron chi connectivity index (χ0n) is 2.50. The summed E-state index contributed by atoms with van der Waals surface area (Å²) in [6.07, 6.45) is 0. The third-order valence-corrected chi connectivity index (χ3v) is 0. The number of rotatable bonds is 0. The van der Waals surface area contributed by atoms with Gasteiger partial charge in [0.05, 0.1) is 0 Å². The van der Waals surface area contributed by atoms with Gasteiger partial charge in [-0.25, -0.2) is 0 Å². The first-order valence-electron chi connectivity index (χ1n) is 0. The Labute approximate surface area is 98.4 Å². The van der Waals surface area contributed by atoms with Gasteiger partial charge in [-0.1, -0.05) is 0 Å². The zero-order valence-corrected chi connectivity index (χ0v) is 15.0. The SMILES string of the molecule is [CH3-].[U].[U].[U]. The van der Waals surface area contributed by atoms with Gasteiger partial charge in [-0.3, -0.25) is 0 Å². The summed E-state index contributed by atoms with van der Waals surface area (Å²) < 4.78 is 0. The van der Waals surface area contributed by atoms with Crippen LogP contribution in [0, 0.1) is 101 Å². The summed E-state index contributed by atoms with van der Waals surface area (Å²) in [5, 5.41) is 0. The summed E-state index contributed by atoms with van der Waals surface area (Å²) in [5.41, 5.74) is 0. The first-order chi connectivity index (χ1) is 0. The molecule has 0 radical (unpaired) electrons. The van der Waals surface area contributed by atoms with Crippen molar-refractivity contribution in [2.75, 3.05) is 0 Å². The van der Waals surface area contributed by atoms with Crippen LogP contribution >= 0.6 is 0 Å². The van der Waals surface area contributed by atoms with Gasteiger partial charge in [0.25, 0.3) is 0 Å². The molecule has 0 N–H and O–H groups in total. The Morgan fingerprint density at radius 1 is 0.500 bits per heavy atom. The van der Waals surface area contributed by atoms with Crippen LogP contribution in [0.4, 0.5) is 0 Å². The number of hydrogen-bond donors (Lipinski definition) is 0. The molecule has 0 saturated heterocycles. The van der Waals surface area contributed by atoms with Gasteiger partial charge in [-0.2, -0.15) is 0 Å². The monoisotopic (exact) mass is 729 g/mol. The molecule has 0 aliphatic heterocycles. The summed E-state index contributed by atoms with van der Waals surface area (Å²) in [5.74, 6) is 0. The molecule has 4 heavy (non-hydrogen) atoms. The summed E-state index contributed by atoms with van der Waals surface area (Å²) in [7, 11) is 0. The maximum atomic E-state index is 0. The standard InChI is InChI=1S/CH3.3U/h1H3;;;/q-1;;;. The smallest absolute Gasteiger partial charge is 0 e. The Bertz CT molecular complexity index is 3.25. The van der Waals surface area contributed by atoms with E-state index in [9.17, 15) is 0 Å². The number of hydrogen-bond acceptors (Lipinski definition) is 0. The molecule has 0 aliphatic rings. The molecule has 0 aromatic heterocycles. The van der Waals surface area contributed by atoms with Crippen LogP contribution in [-0.2, 0) is 0 Å². The Morgan fingerprint density at radius 2 is 0.500 bits per heavy atom. The van der Waals surface area contributed by atoms with Crippen molar-refractivity contribution in [2.24, 2.45) is 0 Å². The van der Waals surface area contributed by atoms with Gasteiger partial charge in [0.1, 0.15) is 0 Å². The van der Waals surface area contributed by atoms with Gasteiger partial charge in [-0.05, 0) is 0 Å². The minimum Gasteiger partial charge on any atom is -0.358 e. The van der Waals surface area contributed by atoms with Crippen LogP contribution in [0.5, 0.6) is 0 Å². The second kappa shape index (κ2) is 16.4. The molecular formula is CH3U3-. The third-order valence-electron chi connectivity index (χ3n) is 0. The molecule has 0 aromatic rings. The van der Waals surface area contributed by atoms with E-state index in [1.165, 1.54) is 0 Å². The quantitative estimate of drug-likeness (QED) is 0.319. The summed E-state index contributed by atoms with van der Waals surface area (Å²) in [6.45, 7) is 0. The van der Waals surface area contributed by atoms with Crippen LogP contribution in [0.15, 0.2) is 0 Å². The summed E-state index contributed by atoms with van der Waals surface area (Å²) >= 11 is 0. The normalized spacial score (nSPS) is 0. The largest absolute Gasteiger partial charge is 0.358 e. The van der Waals surface area contributed by atoms with E-state index in [0.717, 1.165) is 0 Å². The van der Waals surface area contributed by atoms with Crippen molar-refractivity contribution in [2.45, 2.75) is 0 Å². The first kappa shape index (κ1) is 27.2. The van der Waals surface area contributed by atoms with E-state index in [4.69, 9.17) is 0 Å². The summed E-state index contributed by atoms with van der Waals surface area (Å²) in [6, 6.07) is 0. The molecule has 0 nitrogen and oxygen atoms in total. The third kappa shape index (κ3) is 8.94. The molecule has 3 heteroatoms. The van der Waals surface area contributed by atoms with E-state index in [-0.39, 0.29) is 101 Å². The predicted molar refractivity (Wildman–Crippen MR) is 6.41 cm³/mol. The molecule has 0 rings (SSSR count). The van der Waals surface area contributed by atoms with Crippen LogP contribution in [0.3, 0.4) is 0 Å². The van der Waals surface area contributed by atoms with Gasteiger partial charge >= 0.3 is 0 Å². The molecular weight excluding hydrogens is 726 g/mol. The molecule has 0 atom stereocenters. The molecule has 0 aliphatic carbocycles. The Kier molecular flexibility index (Phi) is 112. The topological polar surface area (TPSA) is 0 Å². The van der Waals surface area contributed by atoms with Crippen molar-refractivity contribution >= 4 is 0 Å². The second-order valence-corrected chi connectivity index (χ2v) is 0. The molecule has 0 spiro atoms. The van der Waals surface area contributed by atoms with Gasteiger partial charge < -0.3 is 7.43 Å². The maximum absolute atomic E-state index is 0. The van der Waals surface area contributed by atoms with Crippen LogP contribution in [0.2, 0.25) is 0 Å². The fraction of sp³-hybridized carbons (Fsp3) is 0. The Balaban J connectivity index is 0. The second-order valence-electron chi connectivity index (χ2n) is 0. The van der Waals surface area contributed by atoms with Crippen LogP contribution < -0.4 is 0 Å². The Morgan fingerprint density at radius 3 is 0.500 bits per heavy atom. The van der Waals surface area contributed by atoms with Crippen LogP contribution in [0.1, 0.15) is 0 Å². The fourth-order valence-electron chi connectivity index (χ4n) is 0. The maximum Gasteiger partial charge on any atom is 0 e. The fourth-order valence-corrected chi connectivity index (χ4v) is 0. The van der Waals surface area contributed by atoms with Crippen LogP contribution in [-0.4, -0.2) is 0 Å². The molecule has 0 fully saturated rings. The van der Waals surface area contributed by atoms with Gasteiger partial charge in [0, 0.05) is 93.3 Å². The predicted octanol–water partition coefficient (Wildman–Crippen LogP) is 0.450. The van der Waals surface area contributed by atoms with E-state index in [1.807, 2.05) is 0 Å². The van der Waals surface area contributed by atoms with E-state index in [2.05, 4.69) is 0 Å². The molecule has 0 aromatic carbocycles. The minimum atomic E-state index is 0. The van der Waals surface area contributed by atoms with Crippen molar-refractivity contribution in [3.63, 3.8) is 0 Å². The average molecular weight is 729 g/mol. The van der Waals surface area contributed by atoms with Crippen LogP contribution in [0.25, 0.3) is 0 Å².